The lowest BCUT2D eigenvalue weighted by atomic mass is 10.3. The van der Waals surface area contributed by atoms with Crippen molar-refractivity contribution in [3.05, 3.63) is 36.6 Å². The second-order valence-corrected chi connectivity index (χ2v) is 1.96. The van der Waals surface area contributed by atoms with E-state index in [1.807, 2.05) is 30.3 Å². The second-order valence-electron chi connectivity index (χ2n) is 1.96. The van der Waals surface area contributed by atoms with Gasteiger partial charge in [0.25, 0.3) is 0 Å². The standard InChI is InChI=1S/C8H6O.CH4/c1-2-4-8-7(3-1)5-6-9-8;/h1-6H;1H4. The highest BCUT2D eigenvalue weighted by molar-refractivity contribution is 5.76. The van der Waals surface area contributed by atoms with Gasteiger partial charge in [0.2, 0.25) is 0 Å². The van der Waals surface area contributed by atoms with Crippen LogP contribution in [0.15, 0.2) is 41.0 Å². The largest absolute Gasteiger partial charge is 0.464 e. The molecule has 1 heterocycles. The van der Waals surface area contributed by atoms with Crippen molar-refractivity contribution in [3.63, 3.8) is 0 Å². The lowest BCUT2D eigenvalue weighted by Gasteiger charge is -1.81. The number of benzene rings is 1. The molecule has 1 nitrogen and oxygen atoms in total. The van der Waals surface area contributed by atoms with E-state index in [-0.39, 0.29) is 7.43 Å². The first-order valence-electron chi connectivity index (χ1n) is 2.89. The van der Waals surface area contributed by atoms with E-state index in [2.05, 4.69) is 0 Å². The van der Waals surface area contributed by atoms with Gasteiger partial charge < -0.3 is 4.42 Å². The molecule has 1 aromatic heterocycles. The first-order chi connectivity index (χ1) is 4.47. The van der Waals surface area contributed by atoms with Gasteiger partial charge in [-0.05, 0) is 12.1 Å². The van der Waals surface area contributed by atoms with Gasteiger partial charge in [-0.15, -0.1) is 0 Å². The Morgan fingerprint density at radius 2 is 1.80 bits per heavy atom. The molecule has 0 radical (unpaired) electrons. The van der Waals surface area contributed by atoms with E-state index in [9.17, 15) is 0 Å². The zero-order valence-electron chi connectivity index (χ0n) is 4.87. The van der Waals surface area contributed by atoms with Crippen LogP contribution in [0.2, 0.25) is 0 Å². The Morgan fingerprint density at radius 3 is 2.60 bits per heavy atom. The summed E-state index contributed by atoms with van der Waals surface area (Å²) in [5.41, 5.74) is 0.956. The number of fused-ring (bicyclic) bond motifs is 1. The maximum absolute atomic E-state index is 5.12. The third-order valence-corrected chi connectivity index (χ3v) is 1.36. The molecule has 0 fully saturated rings. The van der Waals surface area contributed by atoms with Crippen LogP contribution < -0.4 is 0 Å². The molecule has 0 aliphatic rings. The van der Waals surface area contributed by atoms with Crippen molar-refractivity contribution in [2.75, 3.05) is 0 Å². The summed E-state index contributed by atoms with van der Waals surface area (Å²) in [5, 5.41) is 1.16. The fraction of sp³-hybridized carbons (Fsp3) is 0.111. The van der Waals surface area contributed by atoms with E-state index in [1.54, 1.807) is 6.26 Å². The number of furan rings is 1. The SMILES string of the molecule is C.c1ccc2occc2c1. The maximum atomic E-state index is 5.12. The van der Waals surface area contributed by atoms with Crippen LogP contribution in [0.25, 0.3) is 11.0 Å². The zero-order valence-corrected chi connectivity index (χ0v) is 4.87. The predicted octanol–water partition coefficient (Wildman–Crippen LogP) is 3.07. The third kappa shape index (κ3) is 0.903. The van der Waals surface area contributed by atoms with Crippen molar-refractivity contribution in [2.24, 2.45) is 0 Å². The number of hydrogen-bond acceptors (Lipinski definition) is 1. The quantitative estimate of drug-likeness (QED) is 0.539. The van der Waals surface area contributed by atoms with E-state index in [1.165, 1.54) is 0 Å². The molecule has 1 heteroatoms. The van der Waals surface area contributed by atoms with Crippen molar-refractivity contribution < 1.29 is 4.42 Å². The highest BCUT2D eigenvalue weighted by atomic mass is 16.3. The van der Waals surface area contributed by atoms with E-state index in [4.69, 9.17) is 4.42 Å². The zero-order chi connectivity index (χ0) is 6.10. The van der Waals surface area contributed by atoms with Crippen LogP contribution >= 0.6 is 0 Å². The molecule has 0 aliphatic carbocycles. The van der Waals surface area contributed by atoms with Gasteiger partial charge in [-0.25, -0.2) is 0 Å². The molecular weight excluding hydrogens is 124 g/mol. The summed E-state index contributed by atoms with van der Waals surface area (Å²) in [4.78, 5) is 0. The lowest BCUT2D eigenvalue weighted by Crippen LogP contribution is -1.57. The minimum absolute atomic E-state index is 0. The van der Waals surface area contributed by atoms with Crippen LogP contribution in [0.1, 0.15) is 7.43 Å². The van der Waals surface area contributed by atoms with Crippen LogP contribution in [-0.2, 0) is 0 Å². The van der Waals surface area contributed by atoms with Gasteiger partial charge in [0, 0.05) is 5.39 Å². The van der Waals surface area contributed by atoms with Crippen LogP contribution in [0.4, 0.5) is 0 Å². The Kier molecular flexibility index (Phi) is 1.76. The molecule has 2 aromatic rings. The molecule has 0 aliphatic heterocycles. The van der Waals surface area contributed by atoms with Gasteiger partial charge in [-0.1, -0.05) is 25.6 Å². The Bertz CT molecular complexity index is 279. The van der Waals surface area contributed by atoms with Gasteiger partial charge in [0.05, 0.1) is 6.26 Å². The summed E-state index contributed by atoms with van der Waals surface area (Å²) in [7, 11) is 0. The van der Waals surface area contributed by atoms with Crippen molar-refractivity contribution in [1.82, 2.24) is 0 Å². The third-order valence-electron chi connectivity index (χ3n) is 1.36. The van der Waals surface area contributed by atoms with Gasteiger partial charge >= 0.3 is 0 Å². The Hall–Kier alpha value is -1.24. The summed E-state index contributed by atoms with van der Waals surface area (Å²) in [6, 6.07) is 9.90. The molecule has 0 atom stereocenters. The normalized spacial score (nSPS) is 9.20. The Balaban J connectivity index is 0.000000500. The van der Waals surface area contributed by atoms with Gasteiger partial charge in [0.15, 0.2) is 0 Å². The molecule has 0 saturated heterocycles. The molecule has 10 heavy (non-hydrogen) atoms. The Morgan fingerprint density at radius 1 is 1.00 bits per heavy atom. The number of para-hydroxylation sites is 1. The van der Waals surface area contributed by atoms with Gasteiger partial charge in [0.1, 0.15) is 5.58 Å². The predicted molar refractivity (Wildman–Crippen MR) is 42.9 cm³/mol. The van der Waals surface area contributed by atoms with E-state index in [0.717, 1.165) is 11.0 Å². The summed E-state index contributed by atoms with van der Waals surface area (Å²) in [5.74, 6) is 0. The molecule has 0 N–H and O–H groups in total. The molecule has 2 rings (SSSR count). The summed E-state index contributed by atoms with van der Waals surface area (Å²) in [6.07, 6.45) is 1.70. The minimum Gasteiger partial charge on any atom is -0.464 e. The van der Waals surface area contributed by atoms with Crippen molar-refractivity contribution in [3.8, 4) is 0 Å². The van der Waals surface area contributed by atoms with Crippen molar-refractivity contribution in [2.45, 2.75) is 7.43 Å². The molecule has 52 valence electrons. The monoisotopic (exact) mass is 134 g/mol. The van der Waals surface area contributed by atoms with Crippen molar-refractivity contribution >= 4 is 11.0 Å². The molecule has 0 bridgehead atoms. The first-order valence-corrected chi connectivity index (χ1v) is 2.89. The molecule has 0 saturated carbocycles. The van der Waals surface area contributed by atoms with Gasteiger partial charge in [-0.3, -0.25) is 0 Å². The minimum atomic E-state index is 0. The average Bonchev–Trinajstić information content (AvgIpc) is 2.33. The topological polar surface area (TPSA) is 13.1 Å². The molecule has 0 amide bonds. The van der Waals surface area contributed by atoms with E-state index < -0.39 is 0 Å². The lowest BCUT2D eigenvalue weighted by molar-refractivity contribution is 0.616. The van der Waals surface area contributed by atoms with E-state index >= 15 is 0 Å². The average molecular weight is 134 g/mol. The van der Waals surface area contributed by atoms with Crippen LogP contribution in [0.3, 0.4) is 0 Å². The second kappa shape index (κ2) is 2.56. The highest BCUT2D eigenvalue weighted by Crippen LogP contribution is 2.12. The van der Waals surface area contributed by atoms with Crippen LogP contribution in [0, 0.1) is 0 Å². The van der Waals surface area contributed by atoms with Gasteiger partial charge in [-0.2, -0.15) is 0 Å². The maximum Gasteiger partial charge on any atom is 0.133 e. The number of rotatable bonds is 0. The number of hydrogen-bond donors (Lipinski definition) is 0. The van der Waals surface area contributed by atoms with Crippen molar-refractivity contribution in [1.29, 1.82) is 0 Å². The molecular formula is C9H10O. The molecule has 0 spiro atoms. The van der Waals surface area contributed by atoms with Crippen LogP contribution in [0.5, 0.6) is 0 Å². The Labute approximate surface area is 60.3 Å². The summed E-state index contributed by atoms with van der Waals surface area (Å²) >= 11 is 0. The van der Waals surface area contributed by atoms with E-state index in [0.29, 0.717) is 0 Å². The van der Waals surface area contributed by atoms with Crippen LogP contribution in [-0.4, -0.2) is 0 Å². The molecule has 1 aromatic carbocycles. The first kappa shape index (κ1) is 6.87. The molecule has 0 unspecified atom stereocenters. The highest BCUT2D eigenvalue weighted by Gasteiger charge is 1.89. The fourth-order valence-electron chi connectivity index (χ4n) is 0.906. The fourth-order valence-corrected chi connectivity index (χ4v) is 0.906. The summed E-state index contributed by atoms with van der Waals surface area (Å²) < 4.78 is 5.12. The summed E-state index contributed by atoms with van der Waals surface area (Å²) in [6.45, 7) is 0. The smallest absolute Gasteiger partial charge is 0.133 e.